The highest BCUT2D eigenvalue weighted by Crippen LogP contribution is 2.28. The minimum absolute atomic E-state index is 0.0399. The van der Waals surface area contributed by atoms with Crippen LogP contribution in [0.5, 0.6) is 0 Å². The second-order valence-corrected chi connectivity index (χ2v) is 8.26. The summed E-state index contributed by atoms with van der Waals surface area (Å²) < 4.78 is 36.8. The summed E-state index contributed by atoms with van der Waals surface area (Å²) in [7, 11) is 0.828. The van der Waals surface area contributed by atoms with Crippen molar-refractivity contribution in [2.75, 3.05) is 0 Å². The first kappa shape index (κ1) is 16.5. The molecule has 0 aromatic heterocycles. The molecule has 1 aromatic carbocycles. The smallest absolute Gasteiger partial charge is 0.264 e. The van der Waals surface area contributed by atoms with Gasteiger partial charge in [0, 0.05) is 21.7 Å². The van der Waals surface area contributed by atoms with E-state index in [4.69, 9.17) is 22.3 Å². The molecule has 8 heteroatoms. The zero-order chi connectivity index (χ0) is 15.8. The van der Waals surface area contributed by atoms with Gasteiger partial charge < -0.3 is 5.32 Å². The predicted molar refractivity (Wildman–Crippen MR) is 78.7 cm³/mol. The molecule has 0 radical (unpaired) electrons. The van der Waals surface area contributed by atoms with E-state index >= 15 is 0 Å². The van der Waals surface area contributed by atoms with Crippen molar-refractivity contribution in [3.05, 3.63) is 28.5 Å². The van der Waals surface area contributed by atoms with Crippen molar-refractivity contribution in [3.63, 3.8) is 0 Å². The van der Waals surface area contributed by atoms with Gasteiger partial charge in [0.1, 0.15) is 4.90 Å². The normalized spacial score (nSPS) is 22.3. The highest BCUT2D eigenvalue weighted by Gasteiger charge is 2.27. The first-order valence-corrected chi connectivity index (χ1v) is 9.11. The van der Waals surface area contributed by atoms with Crippen LogP contribution in [0.3, 0.4) is 0 Å². The molecule has 0 aliphatic heterocycles. The highest BCUT2D eigenvalue weighted by molar-refractivity contribution is 8.13. The molecule has 0 saturated heterocycles. The van der Waals surface area contributed by atoms with Crippen molar-refractivity contribution in [3.8, 4) is 0 Å². The molecule has 1 N–H and O–H groups in total. The Bertz CT molecular complexity index is 678. The SMILES string of the molecule is CC1CCC(NC(=O)c2cc(Cl)cc(S(=O)(=O)Cl)c2F)C1. The molecule has 1 aliphatic rings. The molecule has 1 fully saturated rings. The lowest BCUT2D eigenvalue weighted by Crippen LogP contribution is -2.33. The molecule has 0 spiro atoms. The van der Waals surface area contributed by atoms with Crippen LogP contribution < -0.4 is 5.32 Å². The minimum atomic E-state index is -4.32. The van der Waals surface area contributed by atoms with Crippen LogP contribution in [0.15, 0.2) is 17.0 Å². The summed E-state index contributed by atoms with van der Waals surface area (Å²) >= 11 is 5.74. The zero-order valence-corrected chi connectivity index (χ0v) is 13.5. The molecule has 1 aromatic rings. The topological polar surface area (TPSA) is 63.2 Å². The monoisotopic (exact) mass is 353 g/mol. The highest BCUT2D eigenvalue weighted by atomic mass is 35.7. The van der Waals surface area contributed by atoms with Crippen LogP contribution in [-0.4, -0.2) is 20.4 Å². The summed E-state index contributed by atoms with van der Waals surface area (Å²) in [4.78, 5) is 11.3. The van der Waals surface area contributed by atoms with Crippen LogP contribution in [0.4, 0.5) is 4.39 Å². The van der Waals surface area contributed by atoms with Crippen molar-refractivity contribution >= 4 is 37.2 Å². The van der Waals surface area contributed by atoms with Crippen LogP contribution in [0.1, 0.15) is 36.5 Å². The summed E-state index contributed by atoms with van der Waals surface area (Å²) in [6.45, 7) is 2.07. The van der Waals surface area contributed by atoms with E-state index < -0.39 is 31.2 Å². The number of carbonyl (C=O) groups excluding carboxylic acids is 1. The van der Waals surface area contributed by atoms with E-state index in [1.807, 2.05) is 0 Å². The zero-order valence-electron chi connectivity index (χ0n) is 11.2. The van der Waals surface area contributed by atoms with Crippen LogP contribution in [0.2, 0.25) is 5.02 Å². The number of carbonyl (C=O) groups is 1. The second kappa shape index (κ2) is 6.10. The van der Waals surface area contributed by atoms with Crippen LogP contribution >= 0.6 is 22.3 Å². The molecule has 0 heterocycles. The van der Waals surface area contributed by atoms with E-state index in [2.05, 4.69) is 12.2 Å². The first-order chi connectivity index (χ1) is 9.68. The van der Waals surface area contributed by atoms with Gasteiger partial charge in [-0.05, 0) is 37.3 Å². The molecule has 2 unspecified atom stereocenters. The maximum absolute atomic E-state index is 14.2. The molecular formula is C13H14Cl2FNO3S. The van der Waals surface area contributed by atoms with Gasteiger partial charge in [0.15, 0.2) is 5.82 Å². The van der Waals surface area contributed by atoms with Crippen LogP contribution in [0.25, 0.3) is 0 Å². The third-order valence-electron chi connectivity index (χ3n) is 3.54. The Morgan fingerprint density at radius 3 is 2.57 bits per heavy atom. The quantitative estimate of drug-likeness (QED) is 0.847. The Morgan fingerprint density at radius 1 is 1.38 bits per heavy atom. The summed E-state index contributed by atoms with van der Waals surface area (Å²) in [6, 6.07) is 1.94. The van der Waals surface area contributed by atoms with Gasteiger partial charge in [-0.3, -0.25) is 4.79 Å². The Morgan fingerprint density at radius 2 is 2.05 bits per heavy atom. The van der Waals surface area contributed by atoms with Crippen molar-refractivity contribution in [1.82, 2.24) is 5.32 Å². The first-order valence-electron chi connectivity index (χ1n) is 6.43. The Labute approximate surface area is 132 Å². The van der Waals surface area contributed by atoms with E-state index in [9.17, 15) is 17.6 Å². The molecule has 4 nitrogen and oxygen atoms in total. The number of halogens is 3. The molecule has 1 saturated carbocycles. The average Bonchev–Trinajstić information content (AvgIpc) is 2.75. The van der Waals surface area contributed by atoms with Crippen LogP contribution in [0, 0.1) is 11.7 Å². The Balaban J connectivity index is 2.31. The molecule has 116 valence electrons. The van der Waals surface area contributed by atoms with Gasteiger partial charge in [-0.2, -0.15) is 0 Å². The Kier molecular flexibility index (Phi) is 4.80. The van der Waals surface area contributed by atoms with Gasteiger partial charge in [0.05, 0.1) is 5.56 Å². The van der Waals surface area contributed by atoms with E-state index in [0.29, 0.717) is 5.92 Å². The summed E-state index contributed by atoms with van der Waals surface area (Å²) in [6.07, 6.45) is 2.62. The van der Waals surface area contributed by atoms with E-state index in [-0.39, 0.29) is 11.1 Å². The lowest BCUT2D eigenvalue weighted by molar-refractivity contribution is 0.0932. The molecule has 1 amide bonds. The number of hydrogen-bond donors (Lipinski definition) is 1. The van der Waals surface area contributed by atoms with Gasteiger partial charge in [-0.25, -0.2) is 12.8 Å². The number of rotatable bonds is 3. The van der Waals surface area contributed by atoms with Gasteiger partial charge in [0.25, 0.3) is 15.0 Å². The summed E-state index contributed by atoms with van der Waals surface area (Å²) in [5.41, 5.74) is -0.415. The molecule has 2 rings (SSSR count). The summed E-state index contributed by atoms with van der Waals surface area (Å²) in [5, 5.41) is 2.63. The van der Waals surface area contributed by atoms with E-state index in [1.54, 1.807) is 0 Å². The third kappa shape index (κ3) is 3.87. The van der Waals surface area contributed by atoms with Gasteiger partial charge in [-0.1, -0.05) is 18.5 Å². The van der Waals surface area contributed by atoms with Crippen molar-refractivity contribution < 1.29 is 17.6 Å². The third-order valence-corrected chi connectivity index (χ3v) is 5.08. The number of hydrogen-bond acceptors (Lipinski definition) is 3. The van der Waals surface area contributed by atoms with Crippen molar-refractivity contribution in [2.24, 2.45) is 5.92 Å². The molecule has 21 heavy (non-hydrogen) atoms. The van der Waals surface area contributed by atoms with E-state index in [1.165, 1.54) is 0 Å². The minimum Gasteiger partial charge on any atom is -0.349 e. The molecule has 0 bridgehead atoms. The maximum atomic E-state index is 14.2. The van der Waals surface area contributed by atoms with Crippen LogP contribution in [-0.2, 0) is 9.05 Å². The van der Waals surface area contributed by atoms with Gasteiger partial charge >= 0.3 is 0 Å². The van der Waals surface area contributed by atoms with Crippen molar-refractivity contribution in [1.29, 1.82) is 0 Å². The fourth-order valence-electron chi connectivity index (χ4n) is 2.51. The molecule has 1 aliphatic carbocycles. The fraction of sp³-hybridized carbons (Fsp3) is 0.462. The molecular weight excluding hydrogens is 340 g/mol. The van der Waals surface area contributed by atoms with Crippen molar-refractivity contribution in [2.45, 2.75) is 37.1 Å². The average molecular weight is 354 g/mol. The second-order valence-electron chi connectivity index (χ2n) is 5.29. The summed E-state index contributed by atoms with van der Waals surface area (Å²) in [5.74, 6) is -1.37. The Hall–Kier alpha value is -0.850. The lowest BCUT2D eigenvalue weighted by Gasteiger charge is -2.14. The maximum Gasteiger partial charge on any atom is 0.264 e. The largest absolute Gasteiger partial charge is 0.349 e. The van der Waals surface area contributed by atoms with E-state index in [0.717, 1.165) is 31.4 Å². The number of amides is 1. The standard InChI is InChI=1S/C13H14Cl2FNO3S/c1-7-2-3-9(4-7)17-13(18)10-5-8(14)6-11(12(10)16)21(15,19)20/h5-7,9H,2-4H2,1H3,(H,17,18). The lowest BCUT2D eigenvalue weighted by atomic mass is 10.1. The van der Waals surface area contributed by atoms with Gasteiger partial charge in [-0.15, -0.1) is 0 Å². The predicted octanol–water partition coefficient (Wildman–Crippen LogP) is 3.33. The van der Waals surface area contributed by atoms with Gasteiger partial charge in [0.2, 0.25) is 0 Å². The number of benzene rings is 1. The number of nitrogens with one attached hydrogen (secondary N) is 1. The fourth-order valence-corrected chi connectivity index (χ4v) is 3.72. The molecule has 2 atom stereocenters.